The summed E-state index contributed by atoms with van der Waals surface area (Å²) < 4.78 is 4.90. The first-order chi connectivity index (χ1) is 13.0. The van der Waals surface area contributed by atoms with E-state index in [9.17, 15) is 14.4 Å². The van der Waals surface area contributed by atoms with E-state index >= 15 is 0 Å². The summed E-state index contributed by atoms with van der Waals surface area (Å²) in [5, 5.41) is 6.36. The van der Waals surface area contributed by atoms with Crippen LogP contribution >= 0.6 is 0 Å². The van der Waals surface area contributed by atoms with Crippen LogP contribution in [0.3, 0.4) is 0 Å². The predicted octanol–water partition coefficient (Wildman–Crippen LogP) is 2.96. The molecule has 4 rings (SSSR count). The summed E-state index contributed by atoms with van der Waals surface area (Å²) in [6.45, 7) is 1.74. The molecule has 0 saturated heterocycles. The molecule has 1 N–H and O–H groups in total. The van der Waals surface area contributed by atoms with Gasteiger partial charge in [-0.3, -0.25) is 14.4 Å². The number of carbonyl (C=O) groups is 3. The van der Waals surface area contributed by atoms with Crippen molar-refractivity contribution >= 4 is 29.2 Å². The van der Waals surface area contributed by atoms with Crippen molar-refractivity contribution in [3.63, 3.8) is 0 Å². The number of nitrogens with one attached hydrogen (secondary N) is 1. The molecule has 0 fully saturated rings. The highest BCUT2D eigenvalue weighted by molar-refractivity contribution is 6.34. The summed E-state index contributed by atoms with van der Waals surface area (Å²) in [6.07, 6.45) is 0.133. The van der Waals surface area contributed by atoms with E-state index in [1.807, 2.05) is 0 Å². The van der Waals surface area contributed by atoms with Crippen molar-refractivity contribution in [1.29, 1.82) is 0 Å². The third-order valence-corrected chi connectivity index (χ3v) is 4.25. The lowest BCUT2D eigenvalue weighted by Crippen LogP contribution is -2.29. The van der Waals surface area contributed by atoms with Crippen molar-refractivity contribution < 1.29 is 18.9 Å². The van der Waals surface area contributed by atoms with E-state index in [2.05, 4.69) is 10.5 Å². The van der Waals surface area contributed by atoms with Crippen molar-refractivity contribution in [2.45, 2.75) is 13.3 Å². The molecule has 7 heteroatoms. The van der Waals surface area contributed by atoms with E-state index < -0.39 is 0 Å². The van der Waals surface area contributed by atoms with Gasteiger partial charge in [0.15, 0.2) is 5.82 Å². The SMILES string of the molecule is Cc1cc(NC(=O)Cc2ccc(N3C(=O)c4ccccc4C3=O)cc2)no1. The lowest BCUT2D eigenvalue weighted by Gasteiger charge is -2.14. The fourth-order valence-corrected chi connectivity index (χ4v) is 2.98. The molecule has 3 amide bonds. The first-order valence-corrected chi connectivity index (χ1v) is 8.33. The lowest BCUT2D eigenvalue weighted by atomic mass is 10.1. The molecule has 0 spiro atoms. The van der Waals surface area contributed by atoms with Crippen LogP contribution in [0.1, 0.15) is 32.0 Å². The van der Waals surface area contributed by atoms with Gasteiger partial charge in [-0.05, 0) is 36.8 Å². The van der Waals surface area contributed by atoms with Gasteiger partial charge in [0, 0.05) is 6.07 Å². The number of imide groups is 1. The monoisotopic (exact) mass is 361 g/mol. The molecule has 27 heavy (non-hydrogen) atoms. The molecule has 2 aromatic carbocycles. The molecule has 1 aliphatic rings. The van der Waals surface area contributed by atoms with E-state index in [1.165, 1.54) is 0 Å². The number of benzene rings is 2. The molecule has 0 atom stereocenters. The smallest absolute Gasteiger partial charge is 0.266 e. The van der Waals surface area contributed by atoms with Crippen molar-refractivity contribution in [2.75, 3.05) is 10.2 Å². The third kappa shape index (κ3) is 3.10. The first-order valence-electron chi connectivity index (χ1n) is 8.33. The van der Waals surface area contributed by atoms with Gasteiger partial charge in [-0.25, -0.2) is 4.90 Å². The van der Waals surface area contributed by atoms with Gasteiger partial charge in [-0.2, -0.15) is 0 Å². The molecule has 0 saturated carbocycles. The Morgan fingerprint density at radius 2 is 1.67 bits per heavy atom. The molecule has 7 nitrogen and oxygen atoms in total. The van der Waals surface area contributed by atoms with Crippen LogP contribution in [-0.2, 0) is 11.2 Å². The van der Waals surface area contributed by atoms with Gasteiger partial charge in [0.25, 0.3) is 11.8 Å². The lowest BCUT2D eigenvalue weighted by molar-refractivity contribution is -0.115. The maximum atomic E-state index is 12.5. The fraction of sp³-hybridized carbons (Fsp3) is 0.100. The maximum Gasteiger partial charge on any atom is 0.266 e. The van der Waals surface area contributed by atoms with Crippen LogP contribution in [-0.4, -0.2) is 22.9 Å². The molecule has 0 aliphatic carbocycles. The summed E-state index contributed by atoms with van der Waals surface area (Å²) >= 11 is 0. The summed E-state index contributed by atoms with van der Waals surface area (Å²) in [7, 11) is 0. The Balaban J connectivity index is 1.47. The quantitative estimate of drug-likeness (QED) is 0.721. The Morgan fingerprint density at radius 3 is 2.22 bits per heavy atom. The highest BCUT2D eigenvalue weighted by Crippen LogP contribution is 2.28. The summed E-state index contributed by atoms with van der Waals surface area (Å²) in [6, 6.07) is 15.1. The zero-order valence-electron chi connectivity index (χ0n) is 14.4. The third-order valence-electron chi connectivity index (χ3n) is 4.25. The highest BCUT2D eigenvalue weighted by atomic mass is 16.5. The average molecular weight is 361 g/mol. The minimum Gasteiger partial charge on any atom is -0.360 e. The molecule has 2 heterocycles. The van der Waals surface area contributed by atoms with Gasteiger partial charge in [-0.15, -0.1) is 0 Å². The molecule has 134 valence electrons. The number of rotatable bonds is 4. The molecule has 1 aliphatic heterocycles. The van der Waals surface area contributed by atoms with Crippen LogP contribution in [0.25, 0.3) is 0 Å². The number of aromatic nitrogens is 1. The van der Waals surface area contributed by atoms with E-state index in [0.29, 0.717) is 28.4 Å². The molecule has 0 unspecified atom stereocenters. The largest absolute Gasteiger partial charge is 0.360 e. The van der Waals surface area contributed by atoms with Gasteiger partial charge < -0.3 is 9.84 Å². The Bertz CT molecular complexity index is 1020. The molecular weight excluding hydrogens is 346 g/mol. The number of anilines is 2. The van der Waals surface area contributed by atoms with Gasteiger partial charge in [0.05, 0.1) is 23.2 Å². The number of nitrogens with zero attached hydrogens (tertiary/aromatic N) is 2. The van der Waals surface area contributed by atoms with E-state index in [0.717, 1.165) is 10.5 Å². The highest BCUT2D eigenvalue weighted by Gasteiger charge is 2.36. The number of amides is 3. The standard InChI is InChI=1S/C20H15N3O4/c1-12-10-17(22-27-12)21-18(24)11-13-6-8-14(9-7-13)23-19(25)15-4-2-3-5-16(15)20(23)26/h2-10H,11H2,1H3,(H,21,22,24). The summed E-state index contributed by atoms with van der Waals surface area (Å²) in [4.78, 5) is 38.2. The fourth-order valence-electron chi connectivity index (χ4n) is 2.98. The zero-order chi connectivity index (χ0) is 19.0. The maximum absolute atomic E-state index is 12.5. The predicted molar refractivity (Wildman–Crippen MR) is 97.6 cm³/mol. The first kappa shape index (κ1) is 16.7. The Labute approximate surface area is 154 Å². The van der Waals surface area contributed by atoms with Crippen molar-refractivity contribution in [3.8, 4) is 0 Å². The topological polar surface area (TPSA) is 92.5 Å². The molecular formula is C20H15N3O4. The second-order valence-corrected chi connectivity index (χ2v) is 6.21. The minimum absolute atomic E-state index is 0.133. The minimum atomic E-state index is -0.345. The van der Waals surface area contributed by atoms with Crippen LogP contribution in [0.2, 0.25) is 0 Å². The molecule has 0 bridgehead atoms. The van der Waals surface area contributed by atoms with Gasteiger partial charge in [-0.1, -0.05) is 29.4 Å². The van der Waals surface area contributed by atoms with Crippen LogP contribution in [0.5, 0.6) is 0 Å². The van der Waals surface area contributed by atoms with Gasteiger partial charge >= 0.3 is 0 Å². The Kier molecular flexibility index (Phi) is 4.04. The Morgan fingerprint density at radius 1 is 1.04 bits per heavy atom. The molecule has 3 aromatic rings. The molecule has 1 aromatic heterocycles. The number of hydrogen-bond acceptors (Lipinski definition) is 5. The average Bonchev–Trinajstić information content (AvgIpc) is 3.17. The number of fused-ring (bicyclic) bond motifs is 1. The summed E-state index contributed by atoms with van der Waals surface area (Å²) in [5.41, 5.74) is 2.01. The van der Waals surface area contributed by atoms with E-state index in [4.69, 9.17) is 4.52 Å². The Hall–Kier alpha value is -3.74. The van der Waals surface area contributed by atoms with E-state index in [-0.39, 0.29) is 24.1 Å². The van der Waals surface area contributed by atoms with Crippen molar-refractivity contribution in [2.24, 2.45) is 0 Å². The number of carbonyl (C=O) groups excluding carboxylic acids is 3. The van der Waals surface area contributed by atoms with Crippen LogP contribution in [0.4, 0.5) is 11.5 Å². The second kappa shape index (κ2) is 6.53. The van der Waals surface area contributed by atoms with E-state index in [1.54, 1.807) is 61.5 Å². The van der Waals surface area contributed by atoms with Gasteiger partial charge in [0.1, 0.15) is 5.76 Å². The number of hydrogen-bond donors (Lipinski definition) is 1. The summed E-state index contributed by atoms with van der Waals surface area (Å²) in [5.74, 6) is 0.0394. The van der Waals surface area contributed by atoms with Crippen molar-refractivity contribution in [3.05, 3.63) is 77.0 Å². The number of aryl methyl sites for hydroxylation is 1. The van der Waals surface area contributed by atoms with Crippen LogP contribution < -0.4 is 10.2 Å². The molecule has 0 radical (unpaired) electrons. The van der Waals surface area contributed by atoms with Crippen LogP contribution in [0, 0.1) is 6.92 Å². The van der Waals surface area contributed by atoms with Gasteiger partial charge in [0.2, 0.25) is 5.91 Å². The zero-order valence-corrected chi connectivity index (χ0v) is 14.4. The second-order valence-electron chi connectivity index (χ2n) is 6.21. The normalized spacial score (nSPS) is 13.0. The van der Waals surface area contributed by atoms with Crippen LogP contribution in [0.15, 0.2) is 59.1 Å². The van der Waals surface area contributed by atoms with Crippen molar-refractivity contribution in [1.82, 2.24) is 5.16 Å².